The van der Waals surface area contributed by atoms with E-state index in [1.165, 1.54) is 11.6 Å². The first-order valence-corrected chi connectivity index (χ1v) is 9.02. The maximum absolute atomic E-state index is 14.6. The average Bonchev–Trinajstić information content (AvgIpc) is 2.62. The molecule has 3 nitrogen and oxygen atoms in total. The number of hydrogen-bond donors (Lipinski definition) is 1. The second kappa shape index (κ2) is 7.83. The van der Waals surface area contributed by atoms with Crippen LogP contribution in [0, 0.1) is 12.7 Å². The van der Waals surface area contributed by atoms with Gasteiger partial charge in [-0.2, -0.15) is 5.10 Å². The minimum atomic E-state index is -0.207. The van der Waals surface area contributed by atoms with Crippen LogP contribution >= 0.6 is 0 Å². The smallest absolute Gasteiger partial charge is 0.131 e. The van der Waals surface area contributed by atoms with E-state index in [0.29, 0.717) is 11.5 Å². The minimum absolute atomic E-state index is 0.207. The van der Waals surface area contributed by atoms with Gasteiger partial charge in [-0.05, 0) is 80.2 Å². The van der Waals surface area contributed by atoms with Gasteiger partial charge in [-0.3, -0.25) is 0 Å². The van der Waals surface area contributed by atoms with Crippen molar-refractivity contribution in [2.75, 3.05) is 20.1 Å². The second-order valence-electron chi connectivity index (χ2n) is 7.06. The van der Waals surface area contributed by atoms with E-state index in [4.69, 9.17) is 5.84 Å². The molecule has 0 spiro atoms. The molecule has 1 aliphatic rings. The van der Waals surface area contributed by atoms with Crippen LogP contribution in [0.3, 0.4) is 0 Å². The van der Waals surface area contributed by atoms with Gasteiger partial charge in [0, 0.05) is 11.1 Å². The molecule has 2 aromatic carbocycles. The molecular weight excluding hydrogens is 325 g/mol. The number of benzene rings is 2. The molecule has 1 saturated heterocycles. The van der Waals surface area contributed by atoms with Crippen LogP contribution in [-0.2, 0) is 0 Å². The van der Waals surface area contributed by atoms with Crippen molar-refractivity contribution in [2.24, 2.45) is 10.9 Å². The van der Waals surface area contributed by atoms with Crippen LogP contribution in [0.1, 0.15) is 41.0 Å². The molecule has 0 aliphatic carbocycles. The lowest BCUT2D eigenvalue weighted by atomic mass is 9.82. The highest BCUT2D eigenvalue weighted by atomic mass is 19.1. The molecule has 0 amide bonds. The molecule has 0 saturated carbocycles. The van der Waals surface area contributed by atoms with Crippen LogP contribution in [0.25, 0.3) is 17.2 Å². The summed E-state index contributed by atoms with van der Waals surface area (Å²) in [7, 11) is 2.15. The predicted molar refractivity (Wildman–Crippen MR) is 108 cm³/mol. The fourth-order valence-electron chi connectivity index (χ4n) is 3.92. The number of likely N-dealkylation sites (tertiary alicyclic amines) is 1. The van der Waals surface area contributed by atoms with E-state index in [0.717, 1.165) is 48.2 Å². The van der Waals surface area contributed by atoms with Crippen LogP contribution in [-0.4, -0.2) is 31.3 Å². The molecule has 1 fully saturated rings. The van der Waals surface area contributed by atoms with E-state index in [1.807, 2.05) is 25.1 Å². The van der Waals surface area contributed by atoms with Gasteiger partial charge in [-0.1, -0.05) is 30.9 Å². The molecule has 4 heteroatoms. The van der Waals surface area contributed by atoms with Crippen LogP contribution in [0.15, 0.2) is 42.0 Å². The SMILES string of the molecule is C=Cc1c(/C=N\N)cc(-c2c(C)cccc2F)cc1C1CCN(C)CC1. The molecule has 0 aromatic heterocycles. The van der Waals surface area contributed by atoms with E-state index >= 15 is 0 Å². The highest BCUT2D eigenvalue weighted by Crippen LogP contribution is 2.37. The third-order valence-electron chi connectivity index (χ3n) is 5.33. The monoisotopic (exact) mass is 351 g/mol. The zero-order chi connectivity index (χ0) is 18.7. The third-order valence-corrected chi connectivity index (χ3v) is 5.33. The van der Waals surface area contributed by atoms with Crippen LogP contribution in [0.5, 0.6) is 0 Å². The van der Waals surface area contributed by atoms with Crippen molar-refractivity contribution in [3.63, 3.8) is 0 Å². The summed E-state index contributed by atoms with van der Waals surface area (Å²) in [4.78, 5) is 2.34. The van der Waals surface area contributed by atoms with Gasteiger partial charge in [0.15, 0.2) is 0 Å². The second-order valence-corrected chi connectivity index (χ2v) is 7.06. The van der Waals surface area contributed by atoms with E-state index in [2.05, 4.69) is 29.7 Å². The number of aryl methyl sites for hydroxylation is 1. The molecule has 1 aliphatic heterocycles. The molecule has 0 atom stereocenters. The number of rotatable bonds is 4. The number of hydrogen-bond acceptors (Lipinski definition) is 3. The number of hydrazone groups is 1. The Morgan fingerprint density at radius 3 is 2.62 bits per heavy atom. The summed E-state index contributed by atoms with van der Waals surface area (Å²) in [5.74, 6) is 5.65. The molecule has 0 unspecified atom stereocenters. The van der Waals surface area contributed by atoms with Crippen LogP contribution < -0.4 is 5.84 Å². The third kappa shape index (κ3) is 3.56. The Kier molecular flexibility index (Phi) is 5.52. The molecule has 3 rings (SSSR count). The van der Waals surface area contributed by atoms with Crippen molar-refractivity contribution in [1.29, 1.82) is 0 Å². The van der Waals surface area contributed by atoms with Crippen molar-refractivity contribution in [2.45, 2.75) is 25.7 Å². The summed E-state index contributed by atoms with van der Waals surface area (Å²) in [5.41, 5.74) is 5.58. The van der Waals surface area contributed by atoms with Gasteiger partial charge in [0.05, 0.1) is 6.21 Å². The Hall–Kier alpha value is -2.46. The normalized spacial score (nSPS) is 16.3. The molecular formula is C22H26FN3. The molecule has 1 heterocycles. The average molecular weight is 351 g/mol. The number of nitrogens with zero attached hydrogens (tertiary/aromatic N) is 2. The Labute approximate surface area is 155 Å². The lowest BCUT2D eigenvalue weighted by molar-refractivity contribution is 0.255. The highest BCUT2D eigenvalue weighted by molar-refractivity contribution is 5.89. The van der Waals surface area contributed by atoms with Crippen molar-refractivity contribution in [3.8, 4) is 11.1 Å². The molecule has 2 aromatic rings. The van der Waals surface area contributed by atoms with Gasteiger partial charge in [0.1, 0.15) is 5.82 Å². The van der Waals surface area contributed by atoms with Gasteiger partial charge < -0.3 is 10.7 Å². The van der Waals surface area contributed by atoms with E-state index in [1.54, 1.807) is 12.3 Å². The zero-order valence-electron chi connectivity index (χ0n) is 15.5. The first-order valence-electron chi connectivity index (χ1n) is 9.02. The quantitative estimate of drug-likeness (QED) is 0.499. The maximum atomic E-state index is 14.6. The van der Waals surface area contributed by atoms with Crippen molar-refractivity contribution < 1.29 is 4.39 Å². The summed E-state index contributed by atoms with van der Waals surface area (Å²) in [5, 5.41) is 3.72. The summed E-state index contributed by atoms with van der Waals surface area (Å²) in [6.07, 6.45) is 5.66. The lowest BCUT2D eigenvalue weighted by Gasteiger charge is -2.31. The number of piperidine rings is 1. The minimum Gasteiger partial charge on any atom is -0.323 e. The molecule has 0 radical (unpaired) electrons. The summed E-state index contributed by atoms with van der Waals surface area (Å²) >= 11 is 0. The van der Waals surface area contributed by atoms with Crippen LogP contribution in [0.4, 0.5) is 4.39 Å². The van der Waals surface area contributed by atoms with Crippen molar-refractivity contribution in [3.05, 3.63) is 65.0 Å². The summed E-state index contributed by atoms with van der Waals surface area (Å²) in [6, 6.07) is 9.28. The Morgan fingerprint density at radius 2 is 2.00 bits per heavy atom. The van der Waals surface area contributed by atoms with Gasteiger partial charge in [0.25, 0.3) is 0 Å². The van der Waals surface area contributed by atoms with Crippen LogP contribution in [0.2, 0.25) is 0 Å². The summed E-state index contributed by atoms with van der Waals surface area (Å²) < 4.78 is 14.6. The van der Waals surface area contributed by atoms with Gasteiger partial charge >= 0.3 is 0 Å². The van der Waals surface area contributed by atoms with Crippen molar-refractivity contribution in [1.82, 2.24) is 4.90 Å². The van der Waals surface area contributed by atoms with E-state index in [9.17, 15) is 4.39 Å². The Balaban J connectivity index is 2.19. The fraction of sp³-hybridized carbons (Fsp3) is 0.318. The molecule has 0 bridgehead atoms. The standard InChI is InChI=1S/C22H26FN3/c1-4-19-18(14-25-24)12-17(22-15(2)6-5-7-21(22)23)13-20(19)16-8-10-26(3)11-9-16/h4-7,12-14,16H,1,8-11,24H2,2-3H3/b25-14-. The summed E-state index contributed by atoms with van der Waals surface area (Å²) in [6.45, 7) is 8.05. The topological polar surface area (TPSA) is 41.6 Å². The fourth-order valence-corrected chi connectivity index (χ4v) is 3.92. The molecule has 136 valence electrons. The zero-order valence-corrected chi connectivity index (χ0v) is 15.5. The maximum Gasteiger partial charge on any atom is 0.131 e. The van der Waals surface area contributed by atoms with E-state index in [-0.39, 0.29) is 5.82 Å². The van der Waals surface area contributed by atoms with Gasteiger partial charge in [0.2, 0.25) is 0 Å². The van der Waals surface area contributed by atoms with Gasteiger partial charge in [-0.25, -0.2) is 4.39 Å². The Bertz CT molecular complexity index is 813. The van der Waals surface area contributed by atoms with Gasteiger partial charge in [-0.15, -0.1) is 0 Å². The van der Waals surface area contributed by atoms with Crippen molar-refractivity contribution >= 4 is 12.3 Å². The largest absolute Gasteiger partial charge is 0.323 e. The predicted octanol–water partition coefficient (Wildman–Crippen LogP) is 4.55. The first kappa shape index (κ1) is 18.3. The number of nitrogens with two attached hydrogens (primary N) is 1. The number of halogens is 1. The highest BCUT2D eigenvalue weighted by Gasteiger charge is 2.23. The molecule has 2 N–H and O–H groups in total. The molecule has 26 heavy (non-hydrogen) atoms. The first-order chi connectivity index (χ1) is 12.5. The lowest BCUT2D eigenvalue weighted by Crippen LogP contribution is -2.29. The van der Waals surface area contributed by atoms with E-state index < -0.39 is 0 Å². The Morgan fingerprint density at radius 1 is 1.27 bits per heavy atom.